The van der Waals surface area contributed by atoms with E-state index in [1.54, 1.807) is 6.07 Å². The second-order valence-corrected chi connectivity index (χ2v) is 8.92. The number of thioether (sulfide) groups is 1. The van der Waals surface area contributed by atoms with Crippen molar-refractivity contribution in [2.45, 2.75) is 18.6 Å². The number of nitrogens with zero attached hydrogens (tertiary/aromatic N) is 2. The molecule has 3 aromatic rings. The number of nitrogens with one attached hydrogen (secondary N) is 1. The second kappa shape index (κ2) is 11.4. The summed E-state index contributed by atoms with van der Waals surface area (Å²) in [5, 5.41) is 13.4. The minimum Gasteiger partial charge on any atom is -0.494 e. The first-order chi connectivity index (χ1) is 14.1. The fraction of sp³-hybridized carbons (Fsp3) is 0.250. The van der Waals surface area contributed by atoms with Crippen molar-refractivity contribution in [2.24, 2.45) is 0 Å². The fourth-order valence-corrected chi connectivity index (χ4v) is 4.27. The van der Waals surface area contributed by atoms with Crippen LogP contribution in [0.4, 0.5) is 5.13 Å². The van der Waals surface area contributed by atoms with E-state index in [4.69, 9.17) is 27.9 Å². The number of aryl methyl sites for hydroxylation is 1. The number of anilines is 1. The highest BCUT2D eigenvalue weighted by molar-refractivity contribution is 7.99. The number of ether oxygens (including phenoxy) is 1. The molecule has 0 aliphatic rings. The van der Waals surface area contributed by atoms with Gasteiger partial charge in [-0.1, -0.05) is 58.8 Å². The molecule has 0 radical (unpaired) electrons. The molecule has 3 rings (SSSR count). The normalized spacial score (nSPS) is 10.7. The molecule has 5 nitrogen and oxygen atoms in total. The highest BCUT2D eigenvalue weighted by Gasteiger charge is 2.09. The molecule has 0 bridgehead atoms. The van der Waals surface area contributed by atoms with Crippen molar-refractivity contribution in [3.05, 3.63) is 69.1 Å². The Balaban J connectivity index is 1.34. The van der Waals surface area contributed by atoms with Gasteiger partial charge in [-0.2, -0.15) is 0 Å². The molecule has 0 spiro atoms. The third kappa shape index (κ3) is 7.51. The van der Waals surface area contributed by atoms with Crippen molar-refractivity contribution in [2.75, 3.05) is 17.7 Å². The SMILES string of the molecule is O=C(CSCc1ccc(Cl)c(Cl)c1)Nc1nnc(CCCOc2ccccc2)s1. The molecule has 1 aromatic heterocycles. The highest BCUT2D eigenvalue weighted by atomic mass is 35.5. The summed E-state index contributed by atoms with van der Waals surface area (Å²) in [6, 6.07) is 15.2. The largest absolute Gasteiger partial charge is 0.494 e. The molecular weight excluding hydrogens is 449 g/mol. The number of benzene rings is 2. The van der Waals surface area contributed by atoms with E-state index >= 15 is 0 Å². The van der Waals surface area contributed by atoms with Crippen molar-refractivity contribution in [3.8, 4) is 5.75 Å². The van der Waals surface area contributed by atoms with Gasteiger partial charge in [0.15, 0.2) is 0 Å². The lowest BCUT2D eigenvalue weighted by Gasteiger charge is -2.04. The van der Waals surface area contributed by atoms with E-state index in [1.807, 2.05) is 42.5 Å². The lowest BCUT2D eigenvalue weighted by Crippen LogP contribution is -2.14. The first-order valence-electron chi connectivity index (χ1n) is 8.92. The molecule has 152 valence electrons. The summed E-state index contributed by atoms with van der Waals surface area (Å²) in [5.74, 6) is 1.74. The van der Waals surface area contributed by atoms with Crippen LogP contribution in [0, 0.1) is 0 Å². The van der Waals surface area contributed by atoms with Crippen LogP contribution in [0.15, 0.2) is 48.5 Å². The molecule has 0 saturated heterocycles. The Morgan fingerprint density at radius 3 is 2.72 bits per heavy atom. The molecule has 1 N–H and O–H groups in total. The maximum Gasteiger partial charge on any atom is 0.236 e. The molecule has 1 heterocycles. The number of hydrogen-bond donors (Lipinski definition) is 1. The van der Waals surface area contributed by atoms with Gasteiger partial charge in [-0.3, -0.25) is 10.1 Å². The van der Waals surface area contributed by atoms with E-state index in [0.29, 0.717) is 33.3 Å². The smallest absolute Gasteiger partial charge is 0.236 e. The number of hydrogen-bond acceptors (Lipinski definition) is 6. The Labute approximate surface area is 187 Å². The number of rotatable bonds is 10. The number of carbonyl (C=O) groups is 1. The molecule has 29 heavy (non-hydrogen) atoms. The third-order valence-electron chi connectivity index (χ3n) is 3.75. The van der Waals surface area contributed by atoms with Crippen LogP contribution >= 0.6 is 46.3 Å². The van der Waals surface area contributed by atoms with Gasteiger partial charge in [-0.15, -0.1) is 22.0 Å². The summed E-state index contributed by atoms with van der Waals surface area (Å²) < 4.78 is 5.66. The Morgan fingerprint density at radius 1 is 1.10 bits per heavy atom. The highest BCUT2D eigenvalue weighted by Crippen LogP contribution is 2.25. The van der Waals surface area contributed by atoms with Crippen molar-refractivity contribution >= 4 is 57.3 Å². The maximum atomic E-state index is 12.1. The van der Waals surface area contributed by atoms with Crippen LogP contribution < -0.4 is 10.1 Å². The summed E-state index contributed by atoms with van der Waals surface area (Å²) in [7, 11) is 0. The van der Waals surface area contributed by atoms with Gasteiger partial charge in [-0.25, -0.2) is 0 Å². The molecule has 1 amide bonds. The summed E-state index contributed by atoms with van der Waals surface area (Å²) in [4.78, 5) is 12.1. The van der Waals surface area contributed by atoms with Crippen LogP contribution in [-0.4, -0.2) is 28.5 Å². The fourth-order valence-electron chi connectivity index (χ4n) is 2.38. The van der Waals surface area contributed by atoms with Crippen molar-refractivity contribution in [1.82, 2.24) is 10.2 Å². The van der Waals surface area contributed by atoms with Gasteiger partial charge in [0.25, 0.3) is 0 Å². The topological polar surface area (TPSA) is 64.1 Å². The quantitative estimate of drug-likeness (QED) is 0.385. The Hall–Kier alpha value is -1.80. The van der Waals surface area contributed by atoms with E-state index in [2.05, 4.69) is 15.5 Å². The molecule has 2 aromatic carbocycles. The Kier molecular flexibility index (Phi) is 8.61. The molecule has 0 saturated carbocycles. The Bertz CT molecular complexity index is 938. The van der Waals surface area contributed by atoms with Crippen LogP contribution in [0.3, 0.4) is 0 Å². The average Bonchev–Trinajstić information content (AvgIpc) is 3.16. The number of carbonyl (C=O) groups excluding carboxylic acids is 1. The zero-order chi connectivity index (χ0) is 20.5. The van der Waals surface area contributed by atoms with E-state index in [0.717, 1.165) is 29.2 Å². The summed E-state index contributed by atoms with van der Waals surface area (Å²) >= 11 is 14.8. The summed E-state index contributed by atoms with van der Waals surface area (Å²) in [6.45, 7) is 0.608. The predicted octanol–water partition coefficient (Wildman–Crippen LogP) is 5.73. The lowest BCUT2D eigenvalue weighted by molar-refractivity contribution is -0.113. The van der Waals surface area contributed by atoms with Crippen LogP contribution in [0.25, 0.3) is 0 Å². The van der Waals surface area contributed by atoms with Gasteiger partial charge in [0.2, 0.25) is 11.0 Å². The summed E-state index contributed by atoms with van der Waals surface area (Å²) in [6.07, 6.45) is 1.59. The van der Waals surface area contributed by atoms with Gasteiger partial charge in [0.1, 0.15) is 10.8 Å². The van der Waals surface area contributed by atoms with Crippen molar-refractivity contribution < 1.29 is 9.53 Å². The second-order valence-electron chi connectivity index (χ2n) is 6.06. The van der Waals surface area contributed by atoms with Crippen molar-refractivity contribution in [3.63, 3.8) is 0 Å². The van der Waals surface area contributed by atoms with Gasteiger partial charge < -0.3 is 4.74 Å². The summed E-state index contributed by atoms with van der Waals surface area (Å²) in [5.41, 5.74) is 1.02. The molecule has 0 atom stereocenters. The minimum atomic E-state index is -0.106. The number of amides is 1. The molecule has 0 fully saturated rings. The van der Waals surface area contributed by atoms with Crippen LogP contribution in [0.1, 0.15) is 17.0 Å². The van der Waals surface area contributed by atoms with Crippen molar-refractivity contribution in [1.29, 1.82) is 0 Å². The van der Waals surface area contributed by atoms with Gasteiger partial charge in [0, 0.05) is 12.2 Å². The monoisotopic (exact) mass is 467 g/mol. The number of halogens is 2. The van der Waals surface area contributed by atoms with Gasteiger partial charge >= 0.3 is 0 Å². The number of aromatic nitrogens is 2. The lowest BCUT2D eigenvalue weighted by atomic mass is 10.2. The van der Waals surface area contributed by atoms with Gasteiger partial charge in [0.05, 0.1) is 22.4 Å². The van der Waals surface area contributed by atoms with Crippen LogP contribution in [0.2, 0.25) is 10.0 Å². The zero-order valence-corrected chi connectivity index (χ0v) is 18.6. The third-order valence-corrected chi connectivity index (χ3v) is 6.39. The van der Waals surface area contributed by atoms with Gasteiger partial charge in [-0.05, 0) is 36.2 Å². The number of para-hydroxylation sites is 1. The maximum absolute atomic E-state index is 12.1. The first kappa shape index (κ1) is 21.9. The van der Waals surface area contributed by atoms with E-state index in [9.17, 15) is 4.79 Å². The molecular formula is C20H19Cl2N3O2S2. The van der Waals surface area contributed by atoms with E-state index in [1.165, 1.54) is 23.1 Å². The van der Waals surface area contributed by atoms with Crippen LogP contribution in [-0.2, 0) is 17.0 Å². The molecule has 0 aliphatic carbocycles. The molecule has 9 heteroatoms. The van der Waals surface area contributed by atoms with E-state index in [-0.39, 0.29) is 5.91 Å². The minimum absolute atomic E-state index is 0.106. The Morgan fingerprint density at radius 2 is 1.93 bits per heavy atom. The molecule has 0 aliphatic heterocycles. The van der Waals surface area contributed by atoms with Crippen LogP contribution in [0.5, 0.6) is 5.75 Å². The molecule has 0 unspecified atom stereocenters. The predicted molar refractivity (Wildman–Crippen MR) is 121 cm³/mol. The average molecular weight is 468 g/mol. The standard InChI is InChI=1S/C20H19Cl2N3O2S2/c21-16-9-8-14(11-17(16)22)12-28-13-18(26)23-20-25-24-19(29-20)7-4-10-27-15-5-2-1-3-6-15/h1-3,5-6,8-9,11H,4,7,10,12-13H2,(H,23,25,26). The van der Waals surface area contributed by atoms with E-state index < -0.39 is 0 Å². The first-order valence-corrected chi connectivity index (χ1v) is 11.6. The zero-order valence-electron chi connectivity index (χ0n) is 15.4.